The minimum Gasteiger partial charge on any atom is -0.308 e. The lowest BCUT2D eigenvalue weighted by Gasteiger charge is -2.17. The van der Waals surface area contributed by atoms with E-state index in [2.05, 4.69) is 10.3 Å². The number of carbonyl (C=O) groups excluding carboxylic acids is 2. The number of amides is 2. The average Bonchev–Trinajstić information content (AvgIpc) is 2.96. The van der Waals surface area contributed by atoms with Crippen molar-refractivity contribution in [2.75, 3.05) is 10.6 Å². The van der Waals surface area contributed by atoms with E-state index in [1.54, 1.807) is 18.2 Å². The maximum absolute atomic E-state index is 14.4. The molecule has 43 heavy (non-hydrogen) atoms. The van der Waals surface area contributed by atoms with Gasteiger partial charge in [0.15, 0.2) is 11.6 Å². The van der Waals surface area contributed by atoms with Crippen molar-refractivity contribution in [1.29, 1.82) is 0 Å². The molecule has 0 bridgehead atoms. The highest BCUT2D eigenvalue weighted by Gasteiger charge is 2.35. The molecule has 5 rings (SSSR count). The second kappa shape index (κ2) is 11.2. The van der Waals surface area contributed by atoms with Crippen LogP contribution < -0.4 is 10.6 Å². The van der Waals surface area contributed by atoms with Crippen LogP contribution in [0.5, 0.6) is 0 Å². The third-order valence-corrected chi connectivity index (χ3v) is 6.44. The van der Waals surface area contributed by atoms with Gasteiger partial charge in [-0.25, -0.2) is 9.18 Å². The van der Waals surface area contributed by atoms with Crippen molar-refractivity contribution in [1.82, 2.24) is 4.98 Å². The van der Waals surface area contributed by atoms with Gasteiger partial charge in [0.2, 0.25) is 0 Å². The zero-order valence-corrected chi connectivity index (χ0v) is 21.6. The fourth-order valence-electron chi connectivity index (χ4n) is 4.56. The second-order valence-corrected chi connectivity index (χ2v) is 9.27. The van der Waals surface area contributed by atoms with Crippen molar-refractivity contribution in [3.63, 3.8) is 0 Å². The van der Waals surface area contributed by atoms with Crippen LogP contribution >= 0.6 is 0 Å². The number of carbonyl (C=O) groups is 2. The Morgan fingerprint density at radius 2 is 1.35 bits per heavy atom. The Balaban J connectivity index is 1.57. The normalized spacial score (nSPS) is 11.8. The number of aromatic nitrogens is 1. The van der Waals surface area contributed by atoms with E-state index in [1.165, 1.54) is 48.5 Å². The Morgan fingerprint density at radius 3 is 2.05 bits per heavy atom. The van der Waals surface area contributed by atoms with Gasteiger partial charge < -0.3 is 10.6 Å². The van der Waals surface area contributed by atoms with Crippen molar-refractivity contribution in [3.8, 4) is 11.1 Å². The van der Waals surface area contributed by atoms with Crippen LogP contribution in [0.15, 0.2) is 97.2 Å². The number of nitrogens with one attached hydrogen (secondary N) is 2. The minimum atomic E-state index is -4.99. The number of benzene rings is 4. The van der Waals surface area contributed by atoms with Gasteiger partial charge in [-0.1, -0.05) is 60.7 Å². The van der Waals surface area contributed by atoms with Gasteiger partial charge in [-0.2, -0.15) is 26.3 Å². The van der Waals surface area contributed by atoms with Crippen molar-refractivity contribution < 1.29 is 40.3 Å². The molecule has 218 valence electrons. The number of halogens is 7. The van der Waals surface area contributed by atoms with E-state index in [9.17, 15) is 40.3 Å². The fourth-order valence-corrected chi connectivity index (χ4v) is 4.56. The summed E-state index contributed by atoms with van der Waals surface area (Å²) in [5.41, 5.74) is -3.05. The van der Waals surface area contributed by atoms with E-state index in [0.29, 0.717) is 6.07 Å². The SMILES string of the molecule is O=C(Nc1cccc(-c2c(C(=O)c3ccccc3)cnc3c(C(F)(F)F)cccc23)c1)Nc1cccc(C(F)(F)F)c1F. The highest BCUT2D eigenvalue weighted by atomic mass is 19.4. The van der Waals surface area contributed by atoms with Crippen LogP contribution in [-0.2, 0) is 12.4 Å². The van der Waals surface area contributed by atoms with Crippen LogP contribution in [0.2, 0.25) is 0 Å². The summed E-state index contributed by atoms with van der Waals surface area (Å²) < 4.78 is 95.1. The largest absolute Gasteiger partial charge is 0.419 e. The maximum atomic E-state index is 14.4. The standard InChI is InChI=1S/C31H18F7N3O2/c32-26-22(30(33,34)35)12-6-14-24(26)41-29(43)40-19-10-4-9-18(15-19)25-20-11-5-13-23(31(36,37)38)27(20)39-16-21(25)28(42)17-7-2-1-3-8-17/h1-16H,(H2,40,41,43). The fraction of sp³-hybridized carbons (Fsp3) is 0.0645. The number of pyridine rings is 1. The third kappa shape index (κ3) is 6.03. The summed E-state index contributed by atoms with van der Waals surface area (Å²) in [7, 11) is 0. The number of hydrogen-bond acceptors (Lipinski definition) is 3. The first-order chi connectivity index (χ1) is 20.3. The number of nitrogens with zero attached hydrogens (tertiary/aromatic N) is 1. The molecule has 0 saturated carbocycles. The summed E-state index contributed by atoms with van der Waals surface area (Å²) in [6, 6.07) is 18.5. The van der Waals surface area contributed by atoms with Gasteiger partial charge in [0, 0.05) is 34.0 Å². The highest BCUT2D eigenvalue weighted by Crippen LogP contribution is 2.40. The van der Waals surface area contributed by atoms with Crippen molar-refractivity contribution >= 4 is 34.1 Å². The summed E-state index contributed by atoms with van der Waals surface area (Å²) in [5, 5.41) is 4.41. The molecule has 4 aromatic carbocycles. The predicted molar refractivity (Wildman–Crippen MR) is 146 cm³/mol. The first-order valence-corrected chi connectivity index (χ1v) is 12.5. The predicted octanol–water partition coefficient (Wildman–Crippen LogP) is 8.95. The molecule has 1 heterocycles. The van der Waals surface area contributed by atoms with Crippen LogP contribution in [-0.4, -0.2) is 16.8 Å². The molecule has 2 N–H and O–H groups in total. The zero-order valence-electron chi connectivity index (χ0n) is 21.6. The van der Waals surface area contributed by atoms with Crippen molar-refractivity contribution in [2.45, 2.75) is 12.4 Å². The van der Waals surface area contributed by atoms with Crippen LogP contribution in [0.3, 0.4) is 0 Å². The molecular formula is C31H18F7N3O2. The van der Waals surface area contributed by atoms with E-state index in [4.69, 9.17) is 0 Å². The minimum absolute atomic E-state index is 0.00865. The van der Waals surface area contributed by atoms with Gasteiger partial charge in [-0.3, -0.25) is 9.78 Å². The molecule has 1 aromatic heterocycles. The Hall–Kier alpha value is -5.26. The molecule has 0 unspecified atom stereocenters. The van der Waals surface area contributed by atoms with Gasteiger partial charge in [-0.05, 0) is 35.9 Å². The van der Waals surface area contributed by atoms with E-state index in [1.807, 2.05) is 5.32 Å². The molecule has 0 aliphatic rings. The van der Waals surface area contributed by atoms with Crippen molar-refractivity contribution in [3.05, 3.63) is 125 Å². The second-order valence-electron chi connectivity index (χ2n) is 9.27. The number of alkyl halides is 6. The van der Waals surface area contributed by atoms with Crippen LogP contribution in [0, 0.1) is 5.82 Å². The average molecular weight is 597 g/mol. The Morgan fingerprint density at radius 1 is 0.698 bits per heavy atom. The molecule has 0 spiro atoms. The van der Waals surface area contributed by atoms with Crippen LogP contribution in [0.25, 0.3) is 22.0 Å². The molecule has 0 radical (unpaired) electrons. The van der Waals surface area contributed by atoms with Gasteiger partial charge in [-0.15, -0.1) is 0 Å². The third-order valence-electron chi connectivity index (χ3n) is 6.44. The molecule has 0 aliphatic heterocycles. The summed E-state index contributed by atoms with van der Waals surface area (Å²) in [4.78, 5) is 30.1. The quantitative estimate of drug-likeness (QED) is 0.157. The number of para-hydroxylation sites is 1. The van der Waals surface area contributed by atoms with Gasteiger partial charge in [0.1, 0.15) is 0 Å². The van der Waals surface area contributed by atoms with Crippen LogP contribution in [0.1, 0.15) is 27.0 Å². The monoisotopic (exact) mass is 597 g/mol. The van der Waals surface area contributed by atoms with E-state index < -0.39 is 52.3 Å². The highest BCUT2D eigenvalue weighted by molar-refractivity contribution is 6.17. The number of anilines is 2. The molecular weight excluding hydrogens is 579 g/mol. The Kier molecular flexibility index (Phi) is 7.61. The zero-order chi connectivity index (χ0) is 30.9. The number of hydrogen-bond donors (Lipinski definition) is 2. The molecule has 5 nitrogen and oxygen atoms in total. The topological polar surface area (TPSA) is 71.1 Å². The van der Waals surface area contributed by atoms with Crippen LogP contribution in [0.4, 0.5) is 46.9 Å². The smallest absolute Gasteiger partial charge is 0.308 e. The number of ketones is 1. The molecule has 0 aliphatic carbocycles. The van der Waals surface area contributed by atoms with E-state index in [-0.39, 0.29) is 33.3 Å². The lowest BCUT2D eigenvalue weighted by molar-refractivity contribution is -0.140. The van der Waals surface area contributed by atoms with E-state index in [0.717, 1.165) is 24.4 Å². The molecule has 0 fully saturated rings. The summed E-state index contributed by atoms with van der Waals surface area (Å²) >= 11 is 0. The number of urea groups is 1. The Bertz CT molecular complexity index is 1850. The molecule has 0 saturated heterocycles. The first-order valence-electron chi connectivity index (χ1n) is 12.5. The molecule has 0 atom stereocenters. The van der Waals surface area contributed by atoms with Gasteiger partial charge in [0.05, 0.1) is 22.3 Å². The maximum Gasteiger partial charge on any atom is 0.419 e. The summed E-state index contributed by atoms with van der Waals surface area (Å²) in [6.07, 6.45) is -8.67. The summed E-state index contributed by atoms with van der Waals surface area (Å²) in [5.74, 6) is -2.19. The molecule has 12 heteroatoms. The van der Waals surface area contributed by atoms with Crippen molar-refractivity contribution in [2.24, 2.45) is 0 Å². The number of fused-ring (bicyclic) bond motifs is 1. The van der Waals surface area contributed by atoms with E-state index >= 15 is 0 Å². The molecule has 2 amide bonds. The summed E-state index contributed by atoms with van der Waals surface area (Å²) in [6.45, 7) is 0. The van der Waals surface area contributed by atoms with Gasteiger partial charge in [0.25, 0.3) is 0 Å². The van der Waals surface area contributed by atoms with Gasteiger partial charge >= 0.3 is 18.4 Å². The number of rotatable bonds is 5. The first kappa shape index (κ1) is 29.2. The lowest BCUT2D eigenvalue weighted by Crippen LogP contribution is -2.21. The Labute approximate surface area is 239 Å². The molecule has 5 aromatic rings. The lowest BCUT2D eigenvalue weighted by atomic mass is 9.91.